The number of benzene rings is 1. The molecule has 17 heavy (non-hydrogen) atoms. The molecule has 94 valence electrons. The summed E-state index contributed by atoms with van der Waals surface area (Å²) in [7, 11) is 0. The summed E-state index contributed by atoms with van der Waals surface area (Å²) in [4.78, 5) is 0. The molecule has 0 amide bonds. The molecule has 3 N–H and O–H groups in total. The van der Waals surface area contributed by atoms with E-state index in [0.717, 1.165) is 17.1 Å². The van der Waals surface area contributed by atoms with Gasteiger partial charge in [-0.1, -0.05) is 18.9 Å². The van der Waals surface area contributed by atoms with Crippen molar-refractivity contribution in [3.8, 4) is 5.75 Å². The highest BCUT2D eigenvalue weighted by Crippen LogP contribution is 2.36. The highest BCUT2D eigenvalue weighted by atomic mass is 16.5. The van der Waals surface area contributed by atoms with Crippen molar-refractivity contribution in [2.45, 2.75) is 45.1 Å². The van der Waals surface area contributed by atoms with E-state index in [0.29, 0.717) is 6.61 Å². The Labute approximate surface area is 103 Å². The third-order valence-corrected chi connectivity index (χ3v) is 3.51. The number of nitrogens with one attached hydrogen (secondary N) is 1. The molecule has 0 saturated heterocycles. The summed E-state index contributed by atoms with van der Waals surface area (Å²) >= 11 is 0. The number of nitrogens with two attached hydrogens (primary N) is 1. The Morgan fingerprint density at radius 2 is 2.06 bits per heavy atom. The number of hydrogen-bond donors (Lipinski definition) is 2. The van der Waals surface area contributed by atoms with Gasteiger partial charge in [-0.2, -0.15) is 0 Å². The molecule has 1 aromatic rings. The summed E-state index contributed by atoms with van der Waals surface area (Å²) in [6.07, 6.45) is 5.03. The van der Waals surface area contributed by atoms with Gasteiger partial charge in [0.1, 0.15) is 5.75 Å². The first-order valence-corrected chi connectivity index (χ1v) is 6.44. The van der Waals surface area contributed by atoms with Crippen LogP contribution in [0, 0.1) is 0 Å². The van der Waals surface area contributed by atoms with E-state index in [2.05, 4.69) is 12.2 Å². The normalized spacial score (nSPS) is 18.0. The molecule has 1 aromatic carbocycles. The highest BCUT2D eigenvalue weighted by molar-refractivity contribution is 5.73. The maximum Gasteiger partial charge on any atom is 0.144 e. The second kappa shape index (κ2) is 4.86. The number of nitrogen functional groups attached to an aromatic ring is 1. The van der Waals surface area contributed by atoms with Crippen molar-refractivity contribution < 1.29 is 4.74 Å². The van der Waals surface area contributed by atoms with E-state index >= 15 is 0 Å². The molecule has 0 bridgehead atoms. The minimum Gasteiger partial charge on any atom is -0.492 e. The first kappa shape index (κ1) is 12.1. The summed E-state index contributed by atoms with van der Waals surface area (Å²) in [6.45, 7) is 4.88. The van der Waals surface area contributed by atoms with Crippen molar-refractivity contribution in [2.75, 3.05) is 17.7 Å². The van der Waals surface area contributed by atoms with Crippen LogP contribution in [-0.4, -0.2) is 12.1 Å². The second-order valence-corrected chi connectivity index (χ2v) is 5.04. The summed E-state index contributed by atoms with van der Waals surface area (Å²) in [6, 6.07) is 5.93. The Hall–Kier alpha value is -1.38. The van der Waals surface area contributed by atoms with Crippen LogP contribution in [0.2, 0.25) is 0 Å². The van der Waals surface area contributed by atoms with Gasteiger partial charge >= 0.3 is 0 Å². The van der Waals surface area contributed by atoms with Gasteiger partial charge in [0.25, 0.3) is 0 Å². The van der Waals surface area contributed by atoms with Crippen molar-refractivity contribution >= 4 is 11.4 Å². The molecule has 0 spiro atoms. The molecule has 0 heterocycles. The van der Waals surface area contributed by atoms with Crippen LogP contribution in [0.1, 0.15) is 39.5 Å². The van der Waals surface area contributed by atoms with Crippen molar-refractivity contribution in [2.24, 2.45) is 0 Å². The number of rotatable bonds is 4. The molecular formula is C14H22N2O. The molecule has 2 rings (SSSR count). The molecule has 1 fully saturated rings. The zero-order valence-electron chi connectivity index (χ0n) is 10.8. The SMILES string of the molecule is CCOc1cccc(NC2(C)CCCC2)c1N. The van der Waals surface area contributed by atoms with Crippen molar-refractivity contribution in [3.05, 3.63) is 18.2 Å². The van der Waals surface area contributed by atoms with Gasteiger partial charge < -0.3 is 15.8 Å². The van der Waals surface area contributed by atoms with Crippen LogP contribution in [0.15, 0.2) is 18.2 Å². The maximum absolute atomic E-state index is 6.12. The molecule has 3 nitrogen and oxygen atoms in total. The van der Waals surface area contributed by atoms with Gasteiger partial charge in [0, 0.05) is 5.54 Å². The highest BCUT2D eigenvalue weighted by Gasteiger charge is 2.28. The molecule has 0 unspecified atom stereocenters. The molecule has 1 saturated carbocycles. The Kier molecular flexibility index (Phi) is 3.46. The van der Waals surface area contributed by atoms with Crippen LogP contribution >= 0.6 is 0 Å². The Balaban J connectivity index is 2.18. The molecule has 0 radical (unpaired) electrons. The summed E-state index contributed by atoms with van der Waals surface area (Å²) < 4.78 is 5.51. The number of para-hydroxylation sites is 1. The first-order valence-electron chi connectivity index (χ1n) is 6.44. The molecule has 0 atom stereocenters. The van der Waals surface area contributed by atoms with Gasteiger partial charge in [0.15, 0.2) is 0 Å². The predicted octanol–water partition coefficient (Wildman–Crippen LogP) is 3.41. The summed E-state index contributed by atoms with van der Waals surface area (Å²) in [5.41, 5.74) is 8.04. The fourth-order valence-electron chi connectivity index (χ4n) is 2.54. The van der Waals surface area contributed by atoms with Crippen molar-refractivity contribution in [3.63, 3.8) is 0 Å². The van der Waals surface area contributed by atoms with E-state index in [9.17, 15) is 0 Å². The molecular weight excluding hydrogens is 212 g/mol. The lowest BCUT2D eigenvalue weighted by Gasteiger charge is -2.28. The van der Waals surface area contributed by atoms with Crippen LogP contribution in [0.25, 0.3) is 0 Å². The van der Waals surface area contributed by atoms with Gasteiger partial charge in [-0.25, -0.2) is 0 Å². The molecule has 1 aliphatic carbocycles. The van der Waals surface area contributed by atoms with Gasteiger partial charge in [0.05, 0.1) is 18.0 Å². The molecule has 3 heteroatoms. The predicted molar refractivity (Wildman–Crippen MR) is 72.5 cm³/mol. The Bertz CT molecular complexity index is 384. The maximum atomic E-state index is 6.12. The van der Waals surface area contributed by atoms with E-state index in [4.69, 9.17) is 10.5 Å². The smallest absolute Gasteiger partial charge is 0.144 e. The number of anilines is 2. The van der Waals surface area contributed by atoms with E-state index < -0.39 is 0 Å². The minimum absolute atomic E-state index is 0.193. The second-order valence-electron chi connectivity index (χ2n) is 5.04. The topological polar surface area (TPSA) is 47.3 Å². The van der Waals surface area contributed by atoms with Gasteiger partial charge in [0.2, 0.25) is 0 Å². The third-order valence-electron chi connectivity index (χ3n) is 3.51. The lowest BCUT2D eigenvalue weighted by atomic mass is 10.00. The zero-order chi connectivity index (χ0) is 12.3. The Morgan fingerprint density at radius 3 is 2.71 bits per heavy atom. The van der Waals surface area contributed by atoms with Crippen LogP contribution in [0.4, 0.5) is 11.4 Å². The lowest BCUT2D eigenvalue weighted by Crippen LogP contribution is -2.31. The fraction of sp³-hybridized carbons (Fsp3) is 0.571. The standard InChI is InChI=1S/C14H22N2O/c1-3-17-12-8-6-7-11(13(12)15)16-14(2)9-4-5-10-14/h6-8,16H,3-5,9-10,15H2,1-2H3. The van der Waals surface area contributed by atoms with Gasteiger partial charge in [-0.05, 0) is 38.8 Å². The average molecular weight is 234 g/mol. The molecule has 0 aliphatic heterocycles. The van der Waals surface area contributed by atoms with Crippen LogP contribution in [0.3, 0.4) is 0 Å². The van der Waals surface area contributed by atoms with Gasteiger partial charge in [-0.3, -0.25) is 0 Å². The summed E-state index contributed by atoms with van der Waals surface area (Å²) in [5, 5.41) is 3.58. The van der Waals surface area contributed by atoms with Crippen molar-refractivity contribution in [1.82, 2.24) is 0 Å². The molecule has 1 aliphatic rings. The third kappa shape index (κ3) is 2.65. The Morgan fingerprint density at radius 1 is 1.35 bits per heavy atom. The molecule has 0 aromatic heterocycles. The largest absolute Gasteiger partial charge is 0.492 e. The average Bonchev–Trinajstić information content (AvgIpc) is 2.71. The van der Waals surface area contributed by atoms with Gasteiger partial charge in [-0.15, -0.1) is 0 Å². The van der Waals surface area contributed by atoms with Crippen molar-refractivity contribution in [1.29, 1.82) is 0 Å². The van der Waals surface area contributed by atoms with E-state index in [1.807, 2.05) is 25.1 Å². The number of ether oxygens (including phenoxy) is 1. The van der Waals surface area contributed by atoms with Crippen LogP contribution < -0.4 is 15.8 Å². The lowest BCUT2D eigenvalue weighted by molar-refractivity contribution is 0.342. The fourth-order valence-corrected chi connectivity index (χ4v) is 2.54. The van der Waals surface area contributed by atoms with Crippen LogP contribution in [-0.2, 0) is 0 Å². The summed E-state index contributed by atoms with van der Waals surface area (Å²) in [5.74, 6) is 0.777. The monoisotopic (exact) mass is 234 g/mol. The van der Waals surface area contributed by atoms with Crippen LogP contribution in [0.5, 0.6) is 5.75 Å². The first-order chi connectivity index (χ1) is 8.14. The van der Waals surface area contributed by atoms with E-state index in [-0.39, 0.29) is 5.54 Å². The van der Waals surface area contributed by atoms with E-state index in [1.54, 1.807) is 0 Å². The minimum atomic E-state index is 0.193. The quantitative estimate of drug-likeness (QED) is 0.785. The zero-order valence-corrected chi connectivity index (χ0v) is 10.8. The van der Waals surface area contributed by atoms with E-state index in [1.165, 1.54) is 25.7 Å². The number of hydrogen-bond acceptors (Lipinski definition) is 3.